The number of nitriles is 1. The number of piperidine rings is 1. The van der Waals surface area contributed by atoms with Crippen LogP contribution in [0.15, 0.2) is 54.6 Å². The lowest BCUT2D eigenvalue weighted by Crippen LogP contribution is -2.42. The van der Waals surface area contributed by atoms with Crippen LogP contribution in [0.5, 0.6) is 5.75 Å². The molecule has 26 heavy (non-hydrogen) atoms. The maximum Gasteiger partial charge on any atom is 0.137 e. The van der Waals surface area contributed by atoms with Crippen molar-refractivity contribution in [3.63, 3.8) is 0 Å². The molecule has 1 aliphatic rings. The van der Waals surface area contributed by atoms with Gasteiger partial charge in [-0.3, -0.25) is 0 Å². The molecule has 3 rings (SSSR count). The Labute approximate surface area is 157 Å². The lowest BCUT2D eigenvalue weighted by molar-refractivity contribution is 0.110. The Balaban J connectivity index is 1.72. The summed E-state index contributed by atoms with van der Waals surface area (Å²) in [6.45, 7) is 6.29. The third-order valence-electron chi connectivity index (χ3n) is 5.33. The zero-order valence-corrected chi connectivity index (χ0v) is 15.6. The topological polar surface area (TPSA) is 36.3 Å². The number of likely N-dealkylation sites (tertiary alicyclic amines) is 1. The van der Waals surface area contributed by atoms with Crippen molar-refractivity contribution in [3.05, 3.63) is 65.7 Å². The summed E-state index contributed by atoms with van der Waals surface area (Å²) < 4.78 is 6.12. The van der Waals surface area contributed by atoms with Gasteiger partial charge in [0.05, 0.1) is 12.2 Å². The van der Waals surface area contributed by atoms with Crippen molar-refractivity contribution in [2.24, 2.45) is 5.92 Å². The minimum atomic E-state index is 0.440. The molecule has 0 amide bonds. The first-order valence-corrected chi connectivity index (χ1v) is 9.71. The van der Waals surface area contributed by atoms with Crippen LogP contribution in [0.1, 0.15) is 43.2 Å². The summed E-state index contributed by atoms with van der Waals surface area (Å²) in [6, 6.07) is 20.6. The number of nitrogens with zero attached hydrogens (tertiary/aromatic N) is 2. The number of benzene rings is 2. The number of unbranched alkanes of at least 4 members (excludes halogenated alkanes) is 1. The van der Waals surface area contributed by atoms with E-state index >= 15 is 0 Å². The third-order valence-corrected chi connectivity index (χ3v) is 5.33. The fourth-order valence-corrected chi connectivity index (χ4v) is 3.88. The Morgan fingerprint density at radius 3 is 2.65 bits per heavy atom. The van der Waals surface area contributed by atoms with E-state index in [2.05, 4.69) is 48.2 Å². The summed E-state index contributed by atoms with van der Waals surface area (Å²) in [4.78, 5) is 2.58. The number of hydrogen-bond acceptors (Lipinski definition) is 3. The summed E-state index contributed by atoms with van der Waals surface area (Å²) >= 11 is 0. The Hall–Kier alpha value is -2.31. The molecule has 0 N–H and O–H groups in total. The fraction of sp³-hybridized carbons (Fsp3) is 0.435. The van der Waals surface area contributed by atoms with Gasteiger partial charge in [0.25, 0.3) is 0 Å². The zero-order chi connectivity index (χ0) is 18.2. The summed E-state index contributed by atoms with van der Waals surface area (Å²) in [6.07, 6.45) is 3.65. The second kappa shape index (κ2) is 9.40. The molecule has 0 spiro atoms. The zero-order valence-electron chi connectivity index (χ0n) is 15.6. The smallest absolute Gasteiger partial charge is 0.137 e. The quantitative estimate of drug-likeness (QED) is 0.718. The van der Waals surface area contributed by atoms with Crippen molar-refractivity contribution in [1.82, 2.24) is 4.90 Å². The van der Waals surface area contributed by atoms with E-state index in [0.717, 1.165) is 13.1 Å². The van der Waals surface area contributed by atoms with Gasteiger partial charge in [-0.15, -0.1) is 0 Å². The molecule has 2 atom stereocenters. The first-order chi connectivity index (χ1) is 12.8. The fourth-order valence-electron chi connectivity index (χ4n) is 3.88. The first kappa shape index (κ1) is 18.5. The standard InChI is InChI=1S/C23H28N2O/c1-2-3-14-25-15-13-22(19-9-5-4-6-10-19)21(17-25)18-26-23-12-8-7-11-20(23)16-24/h4-12,21-22H,2-3,13-15,17-18H2,1H3/t21-,22-/m1/s1. The SMILES string of the molecule is CCCCN1CC[C@H](c2ccccc2)[C@@H](COc2ccccc2C#N)C1. The number of hydrogen-bond donors (Lipinski definition) is 0. The number of rotatable bonds is 7. The van der Waals surface area contributed by atoms with Crippen LogP contribution in [-0.2, 0) is 0 Å². The molecule has 2 aromatic carbocycles. The second-order valence-corrected chi connectivity index (χ2v) is 7.14. The lowest BCUT2D eigenvalue weighted by Gasteiger charge is -2.39. The highest BCUT2D eigenvalue weighted by Gasteiger charge is 2.30. The number of para-hydroxylation sites is 1. The molecule has 0 radical (unpaired) electrons. The summed E-state index contributed by atoms with van der Waals surface area (Å²) in [5.41, 5.74) is 2.02. The molecule has 1 fully saturated rings. The van der Waals surface area contributed by atoms with Gasteiger partial charge >= 0.3 is 0 Å². The molecule has 1 heterocycles. The summed E-state index contributed by atoms with van der Waals surface area (Å²) in [5.74, 6) is 1.66. The van der Waals surface area contributed by atoms with Crippen LogP contribution in [0.25, 0.3) is 0 Å². The van der Waals surface area contributed by atoms with E-state index in [0.29, 0.717) is 29.8 Å². The van der Waals surface area contributed by atoms with Crippen molar-refractivity contribution in [3.8, 4) is 11.8 Å². The van der Waals surface area contributed by atoms with Crippen LogP contribution in [-0.4, -0.2) is 31.1 Å². The van der Waals surface area contributed by atoms with Crippen molar-refractivity contribution in [2.75, 3.05) is 26.2 Å². The molecule has 3 nitrogen and oxygen atoms in total. The van der Waals surface area contributed by atoms with Crippen molar-refractivity contribution < 1.29 is 4.74 Å². The maximum absolute atomic E-state index is 9.29. The van der Waals surface area contributed by atoms with Crippen LogP contribution in [0.4, 0.5) is 0 Å². The van der Waals surface area contributed by atoms with Gasteiger partial charge in [0, 0.05) is 12.5 Å². The first-order valence-electron chi connectivity index (χ1n) is 9.71. The predicted molar refractivity (Wildman–Crippen MR) is 105 cm³/mol. The maximum atomic E-state index is 9.29. The molecule has 1 saturated heterocycles. The van der Waals surface area contributed by atoms with Crippen LogP contribution in [0.3, 0.4) is 0 Å². The van der Waals surface area contributed by atoms with Gasteiger partial charge in [-0.1, -0.05) is 55.8 Å². The third kappa shape index (κ3) is 4.65. The normalized spacial score (nSPS) is 20.5. The van der Waals surface area contributed by atoms with E-state index in [-0.39, 0.29) is 0 Å². The largest absolute Gasteiger partial charge is 0.492 e. The summed E-state index contributed by atoms with van der Waals surface area (Å²) in [7, 11) is 0. The van der Waals surface area contributed by atoms with Gasteiger partial charge in [-0.05, 0) is 49.5 Å². The van der Waals surface area contributed by atoms with Gasteiger partial charge in [-0.25, -0.2) is 0 Å². The highest BCUT2D eigenvalue weighted by Crippen LogP contribution is 2.34. The highest BCUT2D eigenvalue weighted by atomic mass is 16.5. The Bertz CT molecular complexity index is 722. The minimum Gasteiger partial charge on any atom is -0.492 e. The molecule has 0 aromatic heterocycles. The molecule has 136 valence electrons. The highest BCUT2D eigenvalue weighted by molar-refractivity contribution is 5.42. The van der Waals surface area contributed by atoms with Crippen molar-refractivity contribution in [2.45, 2.75) is 32.1 Å². The van der Waals surface area contributed by atoms with Gasteiger partial charge in [0.2, 0.25) is 0 Å². The molecular formula is C23H28N2O. The van der Waals surface area contributed by atoms with Gasteiger partial charge in [0.15, 0.2) is 0 Å². The Morgan fingerprint density at radius 2 is 1.88 bits per heavy atom. The molecule has 0 unspecified atom stereocenters. The number of ether oxygens (including phenoxy) is 1. The molecular weight excluding hydrogens is 320 g/mol. The van der Waals surface area contributed by atoms with E-state index in [9.17, 15) is 5.26 Å². The molecule has 1 aliphatic heterocycles. The van der Waals surface area contributed by atoms with Gasteiger partial charge in [0.1, 0.15) is 11.8 Å². The van der Waals surface area contributed by atoms with E-state index in [1.165, 1.54) is 31.4 Å². The second-order valence-electron chi connectivity index (χ2n) is 7.14. The molecule has 0 bridgehead atoms. The van der Waals surface area contributed by atoms with Crippen LogP contribution in [0, 0.1) is 17.2 Å². The monoisotopic (exact) mass is 348 g/mol. The lowest BCUT2D eigenvalue weighted by atomic mass is 9.81. The Kier molecular flexibility index (Phi) is 6.68. The summed E-state index contributed by atoms with van der Waals surface area (Å²) in [5, 5.41) is 9.29. The van der Waals surface area contributed by atoms with Crippen molar-refractivity contribution in [1.29, 1.82) is 5.26 Å². The van der Waals surface area contributed by atoms with Crippen LogP contribution >= 0.6 is 0 Å². The van der Waals surface area contributed by atoms with E-state index in [1.54, 1.807) is 0 Å². The molecule has 0 aliphatic carbocycles. The molecule has 2 aromatic rings. The van der Waals surface area contributed by atoms with Gasteiger partial charge in [-0.2, -0.15) is 5.26 Å². The Morgan fingerprint density at radius 1 is 1.12 bits per heavy atom. The minimum absolute atomic E-state index is 0.440. The average molecular weight is 348 g/mol. The average Bonchev–Trinajstić information content (AvgIpc) is 2.71. The van der Waals surface area contributed by atoms with E-state index in [1.807, 2.05) is 24.3 Å². The molecule has 0 saturated carbocycles. The van der Waals surface area contributed by atoms with E-state index in [4.69, 9.17) is 4.74 Å². The molecule has 3 heteroatoms. The van der Waals surface area contributed by atoms with Gasteiger partial charge < -0.3 is 9.64 Å². The van der Waals surface area contributed by atoms with E-state index < -0.39 is 0 Å². The predicted octanol–water partition coefficient (Wildman–Crippen LogP) is 4.84. The van der Waals surface area contributed by atoms with Crippen molar-refractivity contribution >= 4 is 0 Å². The van der Waals surface area contributed by atoms with Crippen LogP contribution in [0.2, 0.25) is 0 Å². The van der Waals surface area contributed by atoms with Crippen LogP contribution < -0.4 is 4.74 Å².